The molecular formula is C18H18INO2. The van der Waals surface area contributed by atoms with Crippen molar-refractivity contribution in [3.8, 4) is 5.75 Å². The highest BCUT2D eigenvalue weighted by Gasteiger charge is 2.31. The highest BCUT2D eigenvalue weighted by Crippen LogP contribution is 2.30. The van der Waals surface area contributed by atoms with Crippen molar-refractivity contribution in [3.05, 3.63) is 63.2 Å². The minimum atomic E-state index is 0.0435. The second kappa shape index (κ2) is 6.69. The Bertz CT molecular complexity index is 668. The number of carbonyl (C=O) groups is 1. The van der Waals surface area contributed by atoms with Crippen LogP contribution in [0.2, 0.25) is 0 Å². The van der Waals surface area contributed by atoms with Crippen molar-refractivity contribution in [1.82, 2.24) is 4.90 Å². The molecule has 0 heterocycles. The molecule has 0 saturated heterocycles. The van der Waals surface area contributed by atoms with Gasteiger partial charge in [0.25, 0.3) is 5.91 Å². The topological polar surface area (TPSA) is 29.5 Å². The van der Waals surface area contributed by atoms with Crippen LogP contribution in [-0.4, -0.2) is 23.9 Å². The van der Waals surface area contributed by atoms with Gasteiger partial charge < -0.3 is 9.64 Å². The summed E-state index contributed by atoms with van der Waals surface area (Å²) in [6.07, 6.45) is 2.21. The number of benzene rings is 2. The highest BCUT2D eigenvalue weighted by molar-refractivity contribution is 14.1. The first-order chi connectivity index (χ1) is 10.6. The van der Waals surface area contributed by atoms with E-state index in [1.807, 2.05) is 60.5 Å². The van der Waals surface area contributed by atoms with Crippen LogP contribution in [0, 0.1) is 3.57 Å². The third kappa shape index (κ3) is 3.61. The van der Waals surface area contributed by atoms with E-state index in [-0.39, 0.29) is 5.91 Å². The van der Waals surface area contributed by atoms with Gasteiger partial charge in [-0.05, 0) is 59.2 Å². The third-order valence-corrected chi connectivity index (χ3v) is 4.50. The van der Waals surface area contributed by atoms with E-state index in [9.17, 15) is 4.79 Å². The van der Waals surface area contributed by atoms with Gasteiger partial charge in [0.05, 0.1) is 5.56 Å². The van der Waals surface area contributed by atoms with Gasteiger partial charge in [0.2, 0.25) is 0 Å². The maximum Gasteiger partial charge on any atom is 0.257 e. The van der Waals surface area contributed by atoms with Gasteiger partial charge in [-0.1, -0.05) is 30.3 Å². The van der Waals surface area contributed by atoms with Crippen molar-refractivity contribution in [2.24, 2.45) is 0 Å². The lowest BCUT2D eigenvalue weighted by molar-refractivity contribution is 0.0780. The lowest BCUT2D eigenvalue weighted by Gasteiger charge is -2.19. The minimum Gasteiger partial charge on any atom is -0.488 e. The molecule has 2 aromatic carbocycles. The molecule has 1 aliphatic rings. The summed E-state index contributed by atoms with van der Waals surface area (Å²) in [7, 11) is 1.87. The van der Waals surface area contributed by atoms with Gasteiger partial charge >= 0.3 is 0 Å². The van der Waals surface area contributed by atoms with E-state index in [0.717, 1.165) is 22.0 Å². The number of rotatable bonds is 5. The molecule has 3 nitrogen and oxygen atoms in total. The van der Waals surface area contributed by atoms with Crippen molar-refractivity contribution in [2.75, 3.05) is 7.05 Å². The van der Waals surface area contributed by atoms with Crippen molar-refractivity contribution in [1.29, 1.82) is 0 Å². The fourth-order valence-corrected chi connectivity index (χ4v) is 2.81. The summed E-state index contributed by atoms with van der Waals surface area (Å²) in [5.41, 5.74) is 1.74. The number of hydrogen-bond donors (Lipinski definition) is 0. The SMILES string of the molecule is CN(C(=O)c1ccc(I)cc1OCc1ccccc1)C1CC1. The Morgan fingerprint density at radius 1 is 1.23 bits per heavy atom. The van der Waals surface area contributed by atoms with Crippen LogP contribution in [0.25, 0.3) is 0 Å². The summed E-state index contributed by atoms with van der Waals surface area (Å²) in [5.74, 6) is 0.704. The number of carbonyl (C=O) groups excluding carboxylic acids is 1. The van der Waals surface area contributed by atoms with Crippen LogP contribution in [-0.2, 0) is 6.61 Å². The Balaban J connectivity index is 1.79. The van der Waals surface area contributed by atoms with Crippen molar-refractivity contribution in [3.63, 3.8) is 0 Å². The van der Waals surface area contributed by atoms with Crippen LogP contribution in [0.1, 0.15) is 28.8 Å². The zero-order valence-electron chi connectivity index (χ0n) is 12.5. The fraction of sp³-hybridized carbons (Fsp3) is 0.278. The first kappa shape index (κ1) is 15.3. The number of ether oxygens (including phenoxy) is 1. The molecule has 22 heavy (non-hydrogen) atoms. The standard InChI is InChI=1S/C18H18INO2/c1-20(15-8-9-15)18(21)16-10-7-14(19)11-17(16)22-12-13-5-3-2-4-6-13/h2-7,10-11,15H,8-9,12H2,1H3. The molecule has 0 aliphatic heterocycles. The predicted octanol–water partition coefficient (Wildman–Crippen LogP) is 4.10. The molecule has 3 rings (SSSR count). The molecule has 0 spiro atoms. The van der Waals surface area contributed by atoms with Gasteiger partial charge in [-0.3, -0.25) is 4.79 Å². The van der Waals surface area contributed by atoms with Gasteiger partial charge in [-0.25, -0.2) is 0 Å². The van der Waals surface area contributed by atoms with E-state index in [4.69, 9.17) is 4.74 Å². The maximum atomic E-state index is 12.6. The van der Waals surface area contributed by atoms with Gasteiger partial charge in [0.15, 0.2) is 0 Å². The minimum absolute atomic E-state index is 0.0435. The lowest BCUT2D eigenvalue weighted by Crippen LogP contribution is -2.29. The monoisotopic (exact) mass is 407 g/mol. The molecule has 0 aromatic heterocycles. The van der Waals surface area contributed by atoms with Crippen molar-refractivity contribution < 1.29 is 9.53 Å². The molecule has 1 saturated carbocycles. The second-order valence-corrected chi connectivity index (χ2v) is 6.81. The van der Waals surface area contributed by atoms with E-state index in [0.29, 0.717) is 24.0 Å². The Morgan fingerprint density at radius 2 is 1.95 bits per heavy atom. The van der Waals surface area contributed by atoms with E-state index >= 15 is 0 Å². The predicted molar refractivity (Wildman–Crippen MR) is 95.0 cm³/mol. The molecule has 1 fully saturated rings. The number of nitrogens with zero attached hydrogens (tertiary/aromatic N) is 1. The number of amides is 1. The van der Waals surface area contributed by atoms with Crippen molar-refractivity contribution >= 4 is 28.5 Å². The van der Waals surface area contributed by atoms with E-state index < -0.39 is 0 Å². The van der Waals surface area contributed by atoms with E-state index in [1.165, 1.54) is 0 Å². The van der Waals surface area contributed by atoms with Gasteiger partial charge in [-0.2, -0.15) is 0 Å². The Labute approximate surface area is 144 Å². The van der Waals surface area contributed by atoms with E-state index in [2.05, 4.69) is 22.6 Å². The third-order valence-electron chi connectivity index (χ3n) is 3.83. The Kier molecular flexibility index (Phi) is 4.66. The summed E-state index contributed by atoms with van der Waals surface area (Å²) in [6.45, 7) is 0.467. The van der Waals surface area contributed by atoms with Crippen LogP contribution >= 0.6 is 22.6 Å². The summed E-state index contributed by atoms with van der Waals surface area (Å²) in [6, 6.07) is 16.1. The number of hydrogen-bond acceptors (Lipinski definition) is 2. The molecular weight excluding hydrogens is 389 g/mol. The van der Waals surface area contributed by atoms with Gasteiger partial charge in [-0.15, -0.1) is 0 Å². The maximum absolute atomic E-state index is 12.6. The molecule has 0 N–H and O–H groups in total. The smallest absolute Gasteiger partial charge is 0.257 e. The Hall–Kier alpha value is -1.56. The van der Waals surface area contributed by atoms with Crippen molar-refractivity contribution in [2.45, 2.75) is 25.5 Å². The summed E-state index contributed by atoms with van der Waals surface area (Å²) < 4.78 is 6.98. The fourth-order valence-electron chi connectivity index (χ4n) is 2.35. The average Bonchev–Trinajstić information content (AvgIpc) is 3.37. The van der Waals surface area contributed by atoms with Crippen LogP contribution < -0.4 is 4.74 Å². The summed E-state index contributed by atoms with van der Waals surface area (Å²) >= 11 is 2.24. The Morgan fingerprint density at radius 3 is 2.64 bits per heavy atom. The molecule has 0 radical (unpaired) electrons. The first-order valence-corrected chi connectivity index (χ1v) is 8.46. The molecule has 4 heteroatoms. The zero-order chi connectivity index (χ0) is 15.5. The van der Waals surface area contributed by atoms with Crippen LogP contribution in [0.3, 0.4) is 0 Å². The van der Waals surface area contributed by atoms with Crippen LogP contribution in [0.15, 0.2) is 48.5 Å². The van der Waals surface area contributed by atoms with Gasteiger partial charge in [0, 0.05) is 16.7 Å². The second-order valence-electron chi connectivity index (χ2n) is 5.56. The van der Waals surface area contributed by atoms with Crippen LogP contribution in [0.4, 0.5) is 0 Å². The molecule has 1 aliphatic carbocycles. The molecule has 0 unspecified atom stereocenters. The quantitative estimate of drug-likeness (QED) is 0.699. The molecule has 2 aromatic rings. The molecule has 0 atom stereocenters. The summed E-state index contributed by atoms with van der Waals surface area (Å²) in [4.78, 5) is 14.4. The van der Waals surface area contributed by atoms with E-state index in [1.54, 1.807) is 0 Å². The zero-order valence-corrected chi connectivity index (χ0v) is 14.6. The van der Waals surface area contributed by atoms with Crippen LogP contribution in [0.5, 0.6) is 5.75 Å². The largest absolute Gasteiger partial charge is 0.488 e. The normalized spacial score (nSPS) is 13.7. The average molecular weight is 407 g/mol. The van der Waals surface area contributed by atoms with Gasteiger partial charge in [0.1, 0.15) is 12.4 Å². The lowest BCUT2D eigenvalue weighted by atomic mass is 10.1. The highest BCUT2D eigenvalue weighted by atomic mass is 127. The molecule has 114 valence electrons. The molecule has 1 amide bonds. The first-order valence-electron chi connectivity index (χ1n) is 7.38. The summed E-state index contributed by atoms with van der Waals surface area (Å²) in [5, 5.41) is 0. The molecule has 0 bridgehead atoms. The number of halogens is 1.